The maximum Gasteiger partial charge on any atom is 0.407 e. The Balaban J connectivity index is 1.35. The van der Waals surface area contributed by atoms with Crippen molar-refractivity contribution in [1.29, 1.82) is 0 Å². The largest absolute Gasteiger partial charge is 0.481 e. The lowest BCUT2D eigenvalue weighted by Gasteiger charge is -2.18. The molecule has 1 amide bonds. The van der Waals surface area contributed by atoms with E-state index in [1.807, 2.05) is 36.4 Å². The number of carboxylic acid groups (broad SMARTS) is 1. The molecule has 1 unspecified atom stereocenters. The summed E-state index contributed by atoms with van der Waals surface area (Å²) < 4.78 is 11.8. The highest BCUT2D eigenvalue weighted by atomic mass is 16.6. The number of unbranched alkanes of at least 4 members (excludes halogenated alkanes) is 1. The fourth-order valence-corrected chi connectivity index (χ4v) is 4.42. The molecule has 2 aromatic carbocycles. The third kappa shape index (κ3) is 5.88. The number of benzene rings is 2. The third-order valence-corrected chi connectivity index (χ3v) is 6.15. The van der Waals surface area contributed by atoms with Crippen LogP contribution < -0.4 is 5.32 Å². The number of carbonyl (C=O) groups excluding carboxylic acids is 2. The summed E-state index contributed by atoms with van der Waals surface area (Å²) in [5, 5.41) is 19.4. The van der Waals surface area contributed by atoms with E-state index >= 15 is 0 Å². The van der Waals surface area contributed by atoms with Crippen molar-refractivity contribution >= 4 is 18.0 Å². The van der Waals surface area contributed by atoms with Crippen molar-refractivity contribution in [1.82, 2.24) is 20.3 Å². The van der Waals surface area contributed by atoms with Gasteiger partial charge in [-0.05, 0) is 41.5 Å². The zero-order valence-electron chi connectivity index (χ0n) is 19.9. The summed E-state index contributed by atoms with van der Waals surface area (Å²) in [6.07, 6.45) is 2.79. The fourth-order valence-electron chi connectivity index (χ4n) is 4.42. The van der Waals surface area contributed by atoms with Crippen molar-refractivity contribution in [2.24, 2.45) is 0 Å². The first-order valence-electron chi connectivity index (χ1n) is 11.8. The smallest absolute Gasteiger partial charge is 0.407 e. The minimum Gasteiger partial charge on any atom is -0.481 e. The second-order valence-corrected chi connectivity index (χ2v) is 8.58. The Hall–Kier alpha value is -4.21. The summed E-state index contributed by atoms with van der Waals surface area (Å²) in [4.78, 5) is 35.6. The highest BCUT2D eigenvalue weighted by Gasteiger charge is 2.30. The molecule has 10 heteroatoms. The first kappa shape index (κ1) is 24.9. The van der Waals surface area contributed by atoms with Gasteiger partial charge in [0.05, 0.1) is 19.3 Å². The average molecular weight is 493 g/mol. The van der Waals surface area contributed by atoms with Gasteiger partial charge in [0.1, 0.15) is 12.6 Å². The molecule has 0 radical (unpaired) electrons. The van der Waals surface area contributed by atoms with Crippen molar-refractivity contribution in [3.63, 3.8) is 0 Å². The Kier molecular flexibility index (Phi) is 7.94. The molecule has 0 saturated carbocycles. The quantitative estimate of drug-likeness (QED) is 0.308. The number of carboxylic acids is 1. The molecule has 0 fully saturated rings. The molecule has 3 aromatic rings. The second kappa shape index (κ2) is 11.5. The monoisotopic (exact) mass is 492 g/mol. The molecular formula is C26H28N4O6. The van der Waals surface area contributed by atoms with Crippen LogP contribution in [0.25, 0.3) is 11.1 Å². The lowest BCUT2D eigenvalue weighted by molar-refractivity contribution is -0.143. The molecular weight excluding hydrogens is 464 g/mol. The van der Waals surface area contributed by atoms with E-state index in [-0.39, 0.29) is 25.5 Å². The lowest BCUT2D eigenvalue weighted by atomic mass is 9.98. The number of carbonyl (C=O) groups is 3. The highest BCUT2D eigenvalue weighted by Crippen LogP contribution is 2.44. The van der Waals surface area contributed by atoms with E-state index in [1.54, 1.807) is 6.20 Å². The molecule has 0 aliphatic heterocycles. The van der Waals surface area contributed by atoms with Crippen LogP contribution in [0.2, 0.25) is 0 Å². The topological polar surface area (TPSA) is 133 Å². The number of esters is 1. The Morgan fingerprint density at radius 2 is 1.72 bits per heavy atom. The third-order valence-electron chi connectivity index (χ3n) is 6.15. The molecule has 10 nitrogen and oxygen atoms in total. The number of hydrogen-bond acceptors (Lipinski definition) is 7. The van der Waals surface area contributed by atoms with Gasteiger partial charge in [0.2, 0.25) is 0 Å². The van der Waals surface area contributed by atoms with Crippen molar-refractivity contribution in [3.05, 3.63) is 71.5 Å². The van der Waals surface area contributed by atoms with Gasteiger partial charge in [-0.1, -0.05) is 53.7 Å². The molecule has 4 rings (SSSR count). The Bertz CT molecular complexity index is 1190. The minimum atomic E-state index is -1.02. The van der Waals surface area contributed by atoms with Gasteiger partial charge in [-0.3, -0.25) is 4.79 Å². The van der Waals surface area contributed by atoms with E-state index in [0.29, 0.717) is 25.0 Å². The average Bonchev–Trinajstić information content (AvgIpc) is 3.46. The van der Waals surface area contributed by atoms with Crippen LogP contribution in [0.1, 0.15) is 42.0 Å². The molecule has 0 bridgehead atoms. The number of aliphatic carboxylic acids is 1. The normalized spacial score (nSPS) is 12.9. The summed E-state index contributed by atoms with van der Waals surface area (Å²) in [7, 11) is 1.24. The van der Waals surface area contributed by atoms with Crippen molar-refractivity contribution in [2.75, 3.05) is 13.7 Å². The molecule has 0 spiro atoms. The molecule has 1 aliphatic rings. The lowest BCUT2D eigenvalue weighted by Crippen LogP contribution is -2.45. The summed E-state index contributed by atoms with van der Waals surface area (Å²) in [6, 6.07) is 15.0. The predicted molar refractivity (Wildman–Crippen MR) is 129 cm³/mol. The molecule has 1 aliphatic carbocycles. The fraction of sp³-hybridized carbons (Fsp3) is 0.346. The van der Waals surface area contributed by atoms with Crippen molar-refractivity contribution < 1.29 is 29.0 Å². The molecule has 1 atom stereocenters. The van der Waals surface area contributed by atoms with E-state index in [1.165, 1.54) is 11.8 Å². The van der Waals surface area contributed by atoms with Crippen LogP contribution >= 0.6 is 0 Å². The van der Waals surface area contributed by atoms with Crippen LogP contribution in [-0.2, 0) is 32.0 Å². The zero-order valence-corrected chi connectivity index (χ0v) is 19.9. The number of fused-ring (bicyclic) bond motifs is 3. The second-order valence-electron chi connectivity index (χ2n) is 8.58. The SMILES string of the molecule is COC(=O)C(Cn1cc(CCCCC(=O)O)nn1)NC(=O)OCC1c2ccccc2-c2ccccc21. The van der Waals surface area contributed by atoms with Crippen LogP contribution in [0.3, 0.4) is 0 Å². The van der Waals surface area contributed by atoms with Crippen LogP contribution in [0, 0.1) is 0 Å². The first-order chi connectivity index (χ1) is 17.5. The number of alkyl carbamates (subject to hydrolysis) is 1. The summed E-state index contributed by atoms with van der Waals surface area (Å²) in [6.45, 7) is 0.135. The van der Waals surface area contributed by atoms with Gasteiger partial charge >= 0.3 is 18.0 Å². The number of aromatic nitrogens is 3. The molecule has 36 heavy (non-hydrogen) atoms. The van der Waals surface area contributed by atoms with E-state index in [4.69, 9.17) is 14.6 Å². The first-order valence-corrected chi connectivity index (χ1v) is 11.8. The summed E-state index contributed by atoms with van der Waals surface area (Å²) in [5.41, 5.74) is 5.10. The van der Waals surface area contributed by atoms with E-state index in [9.17, 15) is 14.4 Å². The number of nitrogens with zero attached hydrogens (tertiary/aromatic N) is 3. The van der Waals surface area contributed by atoms with Gasteiger partial charge in [-0.15, -0.1) is 5.10 Å². The molecule has 0 saturated heterocycles. The molecule has 1 heterocycles. The summed E-state index contributed by atoms with van der Waals surface area (Å²) >= 11 is 0. The minimum absolute atomic E-state index is 0.0129. The van der Waals surface area contributed by atoms with Crippen LogP contribution in [-0.4, -0.2) is 57.9 Å². The maximum absolute atomic E-state index is 12.6. The Labute approximate surface area is 208 Å². The Morgan fingerprint density at radius 3 is 2.36 bits per heavy atom. The van der Waals surface area contributed by atoms with Gasteiger partial charge in [0, 0.05) is 18.5 Å². The van der Waals surface area contributed by atoms with Gasteiger partial charge in [0.15, 0.2) is 0 Å². The molecule has 188 valence electrons. The van der Waals surface area contributed by atoms with Gasteiger partial charge in [0.25, 0.3) is 0 Å². The number of ether oxygens (including phenoxy) is 2. The zero-order chi connectivity index (χ0) is 25.5. The van der Waals surface area contributed by atoms with Crippen LogP contribution in [0.15, 0.2) is 54.7 Å². The maximum atomic E-state index is 12.6. The number of amides is 1. The van der Waals surface area contributed by atoms with E-state index in [2.05, 4.69) is 27.8 Å². The van der Waals surface area contributed by atoms with Crippen LogP contribution in [0.5, 0.6) is 0 Å². The molecule has 2 N–H and O–H groups in total. The highest BCUT2D eigenvalue weighted by molar-refractivity contribution is 5.82. The van der Waals surface area contributed by atoms with E-state index < -0.39 is 24.1 Å². The standard InChI is InChI=1S/C26H28N4O6/c1-35-25(33)23(15-30-14-17(28-29-30)8-2-7-13-24(31)32)27-26(34)36-16-22-20-11-5-3-9-18(20)19-10-4-6-12-21(19)22/h3-6,9-12,14,22-23H,2,7-8,13,15-16H2,1H3,(H,27,34)(H,31,32). The number of aryl methyl sites for hydroxylation is 1. The number of rotatable bonds is 11. The molecule has 1 aromatic heterocycles. The van der Waals surface area contributed by atoms with Crippen LogP contribution in [0.4, 0.5) is 4.79 Å². The van der Waals surface area contributed by atoms with Gasteiger partial charge < -0.3 is 19.9 Å². The van der Waals surface area contributed by atoms with Gasteiger partial charge in [-0.2, -0.15) is 0 Å². The number of hydrogen-bond donors (Lipinski definition) is 2. The summed E-state index contributed by atoms with van der Waals surface area (Å²) in [5.74, 6) is -1.57. The van der Waals surface area contributed by atoms with Crippen molar-refractivity contribution in [3.8, 4) is 11.1 Å². The van der Waals surface area contributed by atoms with E-state index in [0.717, 1.165) is 22.3 Å². The predicted octanol–water partition coefficient (Wildman–Crippen LogP) is 3.16. The van der Waals surface area contributed by atoms with Crippen molar-refractivity contribution in [2.45, 2.75) is 44.2 Å². The Morgan fingerprint density at radius 1 is 1.06 bits per heavy atom. The number of methoxy groups -OCH3 is 1. The number of nitrogens with one attached hydrogen (secondary N) is 1. The van der Waals surface area contributed by atoms with Gasteiger partial charge in [-0.25, -0.2) is 14.3 Å².